The molecule has 0 aromatic rings. The molecule has 0 aliphatic carbocycles. The molecule has 0 radical (unpaired) electrons. The minimum atomic E-state index is -0.459. The second kappa shape index (κ2) is 8.61. The fraction of sp³-hybridized carbons (Fsp3) is 0.938. The Morgan fingerprint density at radius 3 is 2.05 bits per heavy atom. The Kier molecular flexibility index (Phi) is 8.34. The highest BCUT2D eigenvalue weighted by molar-refractivity contribution is 5.06. The molecule has 0 aliphatic rings. The largest absolute Gasteiger partial charge is 0.308 e. The van der Waals surface area contributed by atoms with Crippen molar-refractivity contribution in [1.82, 2.24) is 15.1 Å². The molecule has 0 aliphatic heterocycles. The van der Waals surface area contributed by atoms with Gasteiger partial charge in [-0.1, -0.05) is 6.92 Å². The standard InChI is InChI=1S/C16H34N4/c1-9-20(15(5)11-19(7)8)14(4)10-16(6,12-17)18-13(2)3/h13-15,18H,9-11H2,1-8H3. The molecule has 0 saturated carbocycles. The summed E-state index contributed by atoms with van der Waals surface area (Å²) in [6, 6.07) is 3.64. The monoisotopic (exact) mass is 282 g/mol. The molecule has 0 spiro atoms. The lowest BCUT2D eigenvalue weighted by Gasteiger charge is -2.38. The summed E-state index contributed by atoms with van der Waals surface area (Å²) < 4.78 is 0. The fourth-order valence-electron chi connectivity index (χ4n) is 3.17. The van der Waals surface area contributed by atoms with Gasteiger partial charge in [-0.25, -0.2) is 0 Å². The Hall–Kier alpha value is -0.630. The van der Waals surface area contributed by atoms with E-state index in [9.17, 15) is 5.26 Å². The average Bonchev–Trinajstić information content (AvgIpc) is 2.27. The van der Waals surface area contributed by atoms with Gasteiger partial charge in [-0.3, -0.25) is 10.2 Å². The highest BCUT2D eigenvalue weighted by Gasteiger charge is 2.30. The summed E-state index contributed by atoms with van der Waals surface area (Å²) in [6.45, 7) is 14.9. The lowest BCUT2D eigenvalue weighted by atomic mass is 9.93. The van der Waals surface area contributed by atoms with E-state index in [0.717, 1.165) is 19.5 Å². The predicted octanol–water partition coefficient (Wildman–Crippen LogP) is 2.32. The van der Waals surface area contributed by atoms with E-state index in [0.29, 0.717) is 18.1 Å². The second-order valence-electron chi connectivity index (χ2n) is 6.74. The van der Waals surface area contributed by atoms with Gasteiger partial charge in [-0.15, -0.1) is 0 Å². The molecule has 0 fully saturated rings. The number of nitriles is 1. The quantitative estimate of drug-likeness (QED) is 0.705. The number of nitrogens with one attached hydrogen (secondary N) is 1. The molecule has 20 heavy (non-hydrogen) atoms. The van der Waals surface area contributed by atoms with Crippen molar-refractivity contribution in [2.75, 3.05) is 27.2 Å². The van der Waals surface area contributed by atoms with Crippen molar-refractivity contribution < 1.29 is 0 Å². The number of hydrogen-bond donors (Lipinski definition) is 1. The van der Waals surface area contributed by atoms with Crippen molar-refractivity contribution in [2.45, 2.75) is 71.6 Å². The third kappa shape index (κ3) is 6.69. The minimum Gasteiger partial charge on any atom is -0.308 e. The van der Waals surface area contributed by atoms with Gasteiger partial charge < -0.3 is 4.90 Å². The minimum absolute atomic E-state index is 0.320. The van der Waals surface area contributed by atoms with E-state index in [2.05, 4.69) is 69.9 Å². The highest BCUT2D eigenvalue weighted by atomic mass is 15.2. The SMILES string of the molecule is CCN(C(C)CN(C)C)C(C)CC(C)(C#N)NC(C)C. The Labute approximate surface area is 126 Å². The average molecular weight is 282 g/mol. The van der Waals surface area contributed by atoms with Crippen LogP contribution < -0.4 is 5.32 Å². The summed E-state index contributed by atoms with van der Waals surface area (Å²) in [5.74, 6) is 0. The van der Waals surface area contributed by atoms with E-state index >= 15 is 0 Å². The fourth-order valence-corrected chi connectivity index (χ4v) is 3.17. The lowest BCUT2D eigenvalue weighted by molar-refractivity contribution is 0.116. The van der Waals surface area contributed by atoms with Gasteiger partial charge in [0.2, 0.25) is 0 Å². The third-order valence-corrected chi connectivity index (χ3v) is 3.68. The summed E-state index contributed by atoms with van der Waals surface area (Å²) in [5.41, 5.74) is -0.459. The number of hydrogen-bond acceptors (Lipinski definition) is 4. The number of nitrogens with zero attached hydrogens (tertiary/aromatic N) is 3. The summed E-state index contributed by atoms with van der Waals surface area (Å²) in [4.78, 5) is 4.70. The van der Waals surface area contributed by atoms with Crippen molar-refractivity contribution in [1.29, 1.82) is 5.26 Å². The van der Waals surface area contributed by atoms with Gasteiger partial charge in [0.15, 0.2) is 0 Å². The van der Waals surface area contributed by atoms with Crippen LogP contribution in [0.5, 0.6) is 0 Å². The molecular formula is C16H34N4. The van der Waals surface area contributed by atoms with Gasteiger partial charge in [0, 0.05) is 24.7 Å². The molecule has 0 amide bonds. The maximum absolute atomic E-state index is 9.48. The van der Waals surface area contributed by atoms with Crippen LogP contribution in [0, 0.1) is 11.3 Å². The summed E-state index contributed by atoms with van der Waals surface area (Å²) in [6.07, 6.45) is 0.841. The summed E-state index contributed by atoms with van der Waals surface area (Å²) in [7, 11) is 4.21. The van der Waals surface area contributed by atoms with E-state index < -0.39 is 5.54 Å². The van der Waals surface area contributed by atoms with Crippen molar-refractivity contribution in [2.24, 2.45) is 0 Å². The Balaban J connectivity index is 4.76. The van der Waals surface area contributed by atoms with Crippen molar-refractivity contribution in [3.8, 4) is 6.07 Å². The molecular weight excluding hydrogens is 248 g/mol. The second-order valence-corrected chi connectivity index (χ2v) is 6.74. The Morgan fingerprint density at radius 1 is 1.15 bits per heavy atom. The lowest BCUT2D eigenvalue weighted by Crippen LogP contribution is -2.52. The van der Waals surface area contributed by atoms with Gasteiger partial charge in [0.1, 0.15) is 5.54 Å². The smallest absolute Gasteiger partial charge is 0.105 e. The molecule has 0 heterocycles. The molecule has 4 nitrogen and oxygen atoms in total. The van der Waals surface area contributed by atoms with Gasteiger partial charge in [0.05, 0.1) is 6.07 Å². The molecule has 0 aromatic heterocycles. The van der Waals surface area contributed by atoms with Crippen LogP contribution in [0.3, 0.4) is 0 Å². The summed E-state index contributed by atoms with van der Waals surface area (Å²) >= 11 is 0. The topological polar surface area (TPSA) is 42.3 Å². The first-order valence-corrected chi connectivity index (χ1v) is 7.74. The summed E-state index contributed by atoms with van der Waals surface area (Å²) in [5, 5.41) is 12.9. The first-order valence-electron chi connectivity index (χ1n) is 7.74. The van der Waals surface area contributed by atoms with Crippen molar-refractivity contribution in [3.63, 3.8) is 0 Å². The van der Waals surface area contributed by atoms with Gasteiger partial charge >= 0.3 is 0 Å². The van der Waals surface area contributed by atoms with Crippen LogP contribution in [0.4, 0.5) is 0 Å². The molecule has 3 atom stereocenters. The first kappa shape index (κ1) is 19.4. The van der Waals surface area contributed by atoms with Crippen LogP contribution in [0.2, 0.25) is 0 Å². The highest BCUT2D eigenvalue weighted by Crippen LogP contribution is 2.18. The van der Waals surface area contributed by atoms with Gasteiger partial charge in [-0.2, -0.15) is 5.26 Å². The van der Waals surface area contributed by atoms with Crippen LogP contribution >= 0.6 is 0 Å². The maximum atomic E-state index is 9.48. The van der Waals surface area contributed by atoms with Gasteiger partial charge in [-0.05, 0) is 61.7 Å². The molecule has 118 valence electrons. The van der Waals surface area contributed by atoms with Crippen molar-refractivity contribution in [3.05, 3.63) is 0 Å². The number of rotatable bonds is 9. The van der Waals surface area contributed by atoms with E-state index in [1.54, 1.807) is 0 Å². The predicted molar refractivity (Wildman–Crippen MR) is 86.8 cm³/mol. The molecule has 3 unspecified atom stereocenters. The third-order valence-electron chi connectivity index (χ3n) is 3.68. The van der Waals surface area contributed by atoms with E-state index in [1.165, 1.54) is 0 Å². The molecule has 0 aromatic carbocycles. The molecule has 0 saturated heterocycles. The van der Waals surface area contributed by atoms with Crippen LogP contribution in [0.15, 0.2) is 0 Å². The van der Waals surface area contributed by atoms with Crippen molar-refractivity contribution >= 4 is 0 Å². The maximum Gasteiger partial charge on any atom is 0.105 e. The van der Waals surface area contributed by atoms with Crippen LogP contribution in [-0.2, 0) is 0 Å². The molecule has 0 bridgehead atoms. The number of likely N-dealkylation sites (N-methyl/N-ethyl adjacent to an activating group) is 2. The Bertz CT molecular complexity index is 308. The Morgan fingerprint density at radius 2 is 1.70 bits per heavy atom. The van der Waals surface area contributed by atoms with E-state index in [-0.39, 0.29) is 0 Å². The zero-order valence-electron chi connectivity index (χ0n) is 14.7. The molecule has 0 rings (SSSR count). The van der Waals surface area contributed by atoms with Gasteiger partial charge in [0.25, 0.3) is 0 Å². The van der Waals surface area contributed by atoms with Crippen LogP contribution in [-0.4, -0.2) is 60.6 Å². The normalized spacial score (nSPS) is 18.1. The zero-order chi connectivity index (χ0) is 15.9. The van der Waals surface area contributed by atoms with Crippen LogP contribution in [0.1, 0.15) is 48.0 Å². The van der Waals surface area contributed by atoms with E-state index in [4.69, 9.17) is 0 Å². The molecule has 4 heteroatoms. The zero-order valence-corrected chi connectivity index (χ0v) is 14.7. The van der Waals surface area contributed by atoms with E-state index in [1.807, 2.05) is 6.92 Å². The molecule has 1 N–H and O–H groups in total. The van der Waals surface area contributed by atoms with Crippen LogP contribution in [0.25, 0.3) is 0 Å². The first-order chi connectivity index (χ1) is 9.15.